The molecular weight excluding hydrogens is 421 g/mol. The molecule has 0 fully saturated rings. The molecule has 21 heavy (non-hydrogen) atoms. The maximum Gasteiger partial charge on any atom is 0.417 e. The van der Waals surface area contributed by atoms with Gasteiger partial charge in [-0.2, -0.15) is 13.2 Å². The minimum Gasteiger partial charge on any atom is -0.463 e. The monoisotopic (exact) mass is 426 g/mol. The zero-order valence-electron chi connectivity index (χ0n) is 10.4. The topological polar surface area (TPSA) is 39.4 Å². The average molecular weight is 428 g/mol. The summed E-state index contributed by atoms with van der Waals surface area (Å²) in [7, 11) is 1.18. The zero-order chi connectivity index (χ0) is 15.8. The molecule has 112 valence electrons. The molecule has 0 bridgehead atoms. The van der Waals surface area contributed by atoms with Crippen LogP contribution in [0.2, 0.25) is 0 Å². The number of ether oxygens (including phenoxy) is 1. The minimum atomic E-state index is -4.51. The van der Waals surface area contributed by atoms with E-state index in [9.17, 15) is 18.0 Å². The van der Waals surface area contributed by atoms with Crippen molar-refractivity contribution in [1.29, 1.82) is 0 Å². The molecular formula is C13H7Br2F3O3. The third kappa shape index (κ3) is 3.32. The van der Waals surface area contributed by atoms with Crippen LogP contribution in [0, 0.1) is 0 Å². The fourth-order valence-corrected chi connectivity index (χ4v) is 3.06. The Morgan fingerprint density at radius 3 is 2.43 bits per heavy atom. The number of alkyl halides is 3. The fourth-order valence-electron chi connectivity index (χ4n) is 1.65. The van der Waals surface area contributed by atoms with Crippen molar-refractivity contribution in [1.82, 2.24) is 0 Å². The summed E-state index contributed by atoms with van der Waals surface area (Å²) in [5.74, 6) is -0.665. The molecule has 0 saturated carbocycles. The maximum absolute atomic E-state index is 12.9. The number of furan rings is 1. The number of esters is 1. The van der Waals surface area contributed by atoms with Crippen LogP contribution >= 0.6 is 31.9 Å². The third-order valence-electron chi connectivity index (χ3n) is 2.62. The van der Waals surface area contributed by atoms with Gasteiger partial charge < -0.3 is 9.15 Å². The van der Waals surface area contributed by atoms with Gasteiger partial charge in [0, 0.05) is 14.5 Å². The van der Waals surface area contributed by atoms with Crippen LogP contribution in [0.5, 0.6) is 0 Å². The summed E-state index contributed by atoms with van der Waals surface area (Å²) < 4.78 is 48.8. The first-order chi connectivity index (χ1) is 9.74. The van der Waals surface area contributed by atoms with E-state index in [0.717, 1.165) is 6.07 Å². The quantitative estimate of drug-likeness (QED) is 0.612. The van der Waals surface area contributed by atoms with Gasteiger partial charge in [-0.1, -0.05) is 15.9 Å². The summed E-state index contributed by atoms with van der Waals surface area (Å²) in [5.41, 5.74) is -0.655. The van der Waals surface area contributed by atoms with Crippen LogP contribution in [0.3, 0.4) is 0 Å². The molecule has 0 aliphatic heterocycles. The van der Waals surface area contributed by atoms with E-state index in [4.69, 9.17) is 4.42 Å². The molecule has 1 aromatic heterocycles. The van der Waals surface area contributed by atoms with E-state index in [1.807, 2.05) is 0 Å². The molecule has 0 aliphatic carbocycles. The summed E-state index contributed by atoms with van der Waals surface area (Å²) in [5, 5.41) is 0. The molecule has 8 heteroatoms. The van der Waals surface area contributed by atoms with Crippen LogP contribution in [0.1, 0.15) is 16.1 Å². The Balaban J connectivity index is 2.54. The van der Waals surface area contributed by atoms with E-state index >= 15 is 0 Å². The number of benzene rings is 1. The second-order valence-electron chi connectivity index (χ2n) is 3.97. The highest BCUT2D eigenvalue weighted by Gasteiger charge is 2.34. The number of methoxy groups -OCH3 is 1. The van der Waals surface area contributed by atoms with Crippen molar-refractivity contribution in [2.24, 2.45) is 0 Å². The maximum atomic E-state index is 12.9. The summed E-state index contributed by atoms with van der Waals surface area (Å²) in [4.78, 5) is 11.3. The van der Waals surface area contributed by atoms with Crippen LogP contribution in [0.4, 0.5) is 13.2 Å². The van der Waals surface area contributed by atoms with Crippen LogP contribution in [0.15, 0.2) is 37.6 Å². The smallest absolute Gasteiger partial charge is 0.417 e. The minimum absolute atomic E-state index is 0.0872. The largest absolute Gasteiger partial charge is 0.463 e. The highest BCUT2D eigenvalue weighted by Crippen LogP contribution is 2.41. The second kappa shape index (κ2) is 5.84. The Kier molecular flexibility index (Phi) is 4.48. The molecule has 0 spiro atoms. The molecule has 0 unspecified atom stereocenters. The van der Waals surface area contributed by atoms with E-state index in [1.165, 1.54) is 25.3 Å². The summed E-state index contributed by atoms with van der Waals surface area (Å²) in [6, 6.07) is 4.95. The van der Waals surface area contributed by atoms with Crippen molar-refractivity contribution in [3.63, 3.8) is 0 Å². The zero-order valence-corrected chi connectivity index (χ0v) is 13.6. The lowest BCUT2D eigenvalue weighted by molar-refractivity contribution is -0.138. The van der Waals surface area contributed by atoms with Crippen LogP contribution in [-0.4, -0.2) is 13.1 Å². The Hall–Kier alpha value is -1.28. The van der Waals surface area contributed by atoms with Crippen molar-refractivity contribution >= 4 is 37.8 Å². The Labute approximate surface area is 134 Å². The van der Waals surface area contributed by atoms with Crippen molar-refractivity contribution in [2.75, 3.05) is 7.11 Å². The molecule has 3 nitrogen and oxygen atoms in total. The number of hydrogen-bond acceptors (Lipinski definition) is 3. The summed E-state index contributed by atoms with van der Waals surface area (Å²) in [6.45, 7) is 0. The van der Waals surface area contributed by atoms with E-state index in [0.29, 0.717) is 4.47 Å². The second-order valence-corrected chi connectivity index (χ2v) is 5.67. The van der Waals surface area contributed by atoms with E-state index < -0.39 is 17.7 Å². The van der Waals surface area contributed by atoms with Gasteiger partial charge in [0.05, 0.1) is 12.7 Å². The van der Waals surface area contributed by atoms with Gasteiger partial charge in [0.15, 0.2) is 0 Å². The SMILES string of the molecule is COC(=O)c1ccc(-c2cc(C(F)(F)F)c(Br)cc2Br)o1. The molecule has 0 saturated heterocycles. The van der Waals surface area contributed by atoms with E-state index in [2.05, 4.69) is 36.6 Å². The van der Waals surface area contributed by atoms with Crippen LogP contribution in [-0.2, 0) is 10.9 Å². The van der Waals surface area contributed by atoms with Crippen molar-refractivity contribution in [2.45, 2.75) is 6.18 Å². The lowest BCUT2D eigenvalue weighted by atomic mass is 10.1. The third-order valence-corrected chi connectivity index (χ3v) is 3.93. The Morgan fingerprint density at radius 1 is 1.19 bits per heavy atom. The molecule has 1 aromatic carbocycles. The van der Waals surface area contributed by atoms with E-state index in [-0.39, 0.29) is 21.6 Å². The molecule has 1 heterocycles. The molecule has 0 radical (unpaired) electrons. The van der Waals surface area contributed by atoms with Gasteiger partial charge in [0.25, 0.3) is 0 Å². The first-order valence-electron chi connectivity index (χ1n) is 5.49. The number of carbonyl (C=O) groups excluding carboxylic acids is 1. The first kappa shape index (κ1) is 16.1. The van der Waals surface area contributed by atoms with E-state index in [1.54, 1.807) is 0 Å². The lowest BCUT2D eigenvalue weighted by Crippen LogP contribution is -2.06. The van der Waals surface area contributed by atoms with Crippen molar-refractivity contribution < 1.29 is 27.1 Å². The standard InChI is InChI=1S/C13H7Br2F3O3/c1-20-12(19)11-3-2-10(21-11)6-4-7(13(16,17)18)9(15)5-8(6)14/h2-5H,1H3. The fraction of sp³-hybridized carbons (Fsp3) is 0.154. The predicted octanol–water partition coefficient (Wildman–Crippen LogP) is 5.28. The number of halogens is 5. The molecule has 2 rings (SSSR count). The van der Waals surface area contributed by atoms with Gasteiger partial charge in [-0.05, 0) is 40.2 Å². The van der Waals surface area contributed by atoms with Crippen molar-refractivity contribution in [3.05, 3.63) is 44.5 Å². The molecule has 0 N–H and O–H groups in total. The summed E-state index contributed by atoms with van der Waals surface area (Å²) in [6.07, 6.45) is -4.51. The lowest BCUT2D eigenvalue weighted by Gasteiger charge is -2.12. The van der Waals surface area contributed by atoms with Gasteiger partial charge in [-0.15, -0.1) is 0 Å². The highest BCUT2D eigenvalue weighted by atomic mass is 79.9. The van der Waals surface area contributed by atoms with Gasteiger partial charge in [-0.3, -0.25) is 0 Å². The Bertz CT molecular complexity index is 692. The summed E-state index contributed by atoms with van der Waals surface area (Å²) >= 11 is 6.05. The average Bonchev–Trinajstić information content (AvgIpc) is 2.85. The molecule has 0 amide bonds. The predicted molar refractivity (Wildman–Crippen MR) is 75.9 cm³/mol. The van der Waals surface area contributed by atoms with Crippen molar-refractivity contribution in [3.8, 4) is 11.3 Å². The highest BCUT2D eigenvalue weighted by molar-refractivity contribution is 9.11. The molecule has 0 aliphatic rings. The number of carbonyl (C=O) groups is 1. The molecule has 2 aromatic rings. The number of hydrogen-bond donors (Lipinski definition) is 0. The molecule has 0 atom stereocenters. The number of rotatable bonds is 2. The Morgan fingerprint density at radius 2 is 1.86 bits per heavy atom. The van der Waals surface area contributed by atoms with Gasteiger partial charge >= 0.3 is 12.1 Å². The van der Waals surface area contributed by atoms with Gasteiger partial charge in [-0.25, -0.2) is 4.79 Å². The van der Waals surface area contributed by atoms with Gasteiger partial charge in [0.1, 0.15) is 5.76 Å². The van der Waals surface area contributed by atoms with Crippen LogP contribution < -0.4 is 0 Å². The first-order valence-corrected chi connectivity index (χ1v) is 7.07. The normalized spacial score (nSPS) is 11.5. The van der Waals surface area contributed by atoms with Crippen LogP contribution in [0.25, 0.3) is 11.3 Å². The van der Waals surface area contributed by atoms with Gasteiger partial charge in [0.2, 0.25) is 5.76 Å².